The number of methoxy groups -OCH3 is 2. The average molecular weight is 494 g/mol. The predicted octanol–water partition coefficient (Wildman–Crippen LogP) is 4.03. The molecule has 0 saturated heterocycles. The minimum absolute atomic E-state index is 0.0180. The summed E-state index contributed by atoms with van der Waals surface area (Å²) in [7, 11) is 2.76. The third-order valence-electron chi connectivity index (χ3n) is 6.49. The number of aromatic nitrogens is 1. The summed E-state index contributed by atoms with van der Waals surface area (Å²) in [6.07, 6.45) is 0.446. The van der Waals surface area contributed by atoms with Gasteiger partial charge in [-0.15, -0.1) is 0 Å². The van der Waals surface area contributed by atoms with Gasteiger partial charge in [-0.3, -0.25) is 14.6 Å². The Morgan fingerprint density at radius 1 is 1.11 bits per heavy atom. The maximum atomic E-state index is 12.5. The minimum Gasteiger partial charge on any atom is -0.507 e. The molecule has 1 aromatic heterocycles. The third-order valence-corrected chi connectivity index (χ3v) is 6.49. The molecule has 3 N–H and O–H groups in total. The number of aryl methyl sites for hydroxylation is 1. The lowest BCUT2D eigenvalue weighted by Crippen LogP contribution is -2.13. The number of aromatic hydroxyl groups is 3. The molecule has 188 valence electrons. The van der Waals surface area contributed by atoms with E-state index < -0.39 is 29.5 Å². The summed E-state index contributed by atoms with van der Waals surface area (Å²) in [5.74, 6) is -2.18. The van der Waals surface area contributed by atoms with Crippen LogP contribution in [0.3, 0.4) is 0 Å². The molecule has 9 nitrogen and oxygen atoms in total. The molecular formula is C27H27NO8. The summed E-state index contributed by atoms with van der Waals surface area (Å²) in [4.78, 5) is 29.1. The van der Waals surface area contributed by atoms with Gasteiger partial charge in [-0.2, -0.15) is 0 Å². The van der Waals surface area contributed by atoms with Crippen molar-refractivity contribution in [2.24, 2.45) is 0 Å². The highest BCUT2D eigenvalue weighted by Crippen LogP contribution is 2.50. The minimum atomic E-state index is -0.922. The Labute approximate surface area is 207 Å². The van der Waals surface area contributed by atoms with Crippen LogP contribution in [0.1, 0.15) is 69.2 Å². The Balaban J connectivity index is 1.96. The second-order valence-electron chi connectivity index (χ2n) is 8.61. The Morgan fingerprint density at radius 3 is 2.42 bits per heavy atom. The molecule has 3 aromatic rings. The number of Topliss-reactive ketones (excluding diaryl/α,β-unsaturated/α-hetero) is 1. The maximum Gasteiger partial charge on any atom is 0.306 e. The van der Waals surface area contributed by atoms with Gasteiger partial charge >= 0.3 is 5.97 Å². The van der Waals surface area contributed by atoms with Gasteiger partial charge in [-0.05, 0) is 37.6 Å². The van der Waals surface area contributed by atoms with Crippen LogP contribution in [0, 0.1) is 6.92 Å². The van der Waals surface area contributed by atoms with Crippen LogP contribution in [-0.4, -0.2) is 46.3 Å². The van der Waals surface area contributed by atoms with Crippen molar-refractivity contribution >= 4 is 11.8 Å². The van der Waals surface area contributed by atoms with Crippen molar-refractivity contribution < 1.29 is 39.1 Å². The van der Waals surface area contributed by atoms with Crippen LogP contribution >= 0.6 is 0 Å². The van der Waals surface area contributed by atoms with Gasteiger partial charge in [0.05, 0.1) is 38.5 Å². The number of ether oxygens (including phenoxy) is 3. The number of hydrogen-bond donors (Lipinski definition) is 3. The Bertz CT molecular complexity index is 1330. The first-order valence-corrected chi connectivity index (χ1v) is 11.3. The molecule has 0 saturated carbocycles. The molecule has 2 heterocycles. The highest BCUT2D eigenvalue weighted by molar-refractivity contribution is 5.98. The number of fused-ring (bicyclic) bond motifs is 1. The summed E-state index contributed by atoms with van der Waals surface area (Å²) in [6, 6.07) is 8.14. The molecule has 2 atom stereocenters. The fraction of sp³-hybridized carbons (Fsp3) is 0.296. The monoisotopic (exact) mass is 493 g/mol. The van der Waals surface area contributed by atoms with E-state index in [0.29, 0.717) is 28.1 Å². The fourth-order valence-electron chi connectivity index (χ4n) is 4.54. The van der Waals surface area contributed by atoms with Gasteiger partial charge in [-0.1, -0.05) is 12.1 Å². The predicted molar refractivity (Wildman–Crippen MR) is 129 cm³/mol. The molecule has 9 heteroatoms. The van der Waals surface area contributed by atoms with Crippen molar-refractivity contribution in [3.05, 3.63) is 75.6 Å². The van der Waals surface area contributed by atoms with Gasteiger partial charge in [0, 0.05) is 34.4 Å². The summed E-state index contributed by atoms with van der Waals surface area (Å²) in [5.41, 5.74) is 2.14. The summed E-state index contributed by atoms with van der Waals surface area (Å²) >= 11 is 0. The van der Waals surface area contributed by atoms with Gasteiger partial charge in [-0.25, -0.2) is 0 Å². The maximum absolute atomic E-state index is 12.5. The molecule has 0 aliphatic carbocycles. The van der Waals surface area contributed by atoms with Gasteiger partial charge in [0.15, 0.2) is 5.78 Å². The van der Waals surface area contributed by atoms with E-state index in [1.807, 2.05) is 0 Å². The van der Waals surface area contributed by atoms with Gasteiger partial charge in [0.25, 0.3) is 0 Å². The standard InChI is InChI=1S/C27H27NO8/c1-13-24(31)22-16(11-28-13)12-36-27(22)20-9-18(14(2)29)25(32)23(26(20)33)19(10-21(30)35-4)15-5-7-17(34-3)8-6-15/h5-9,11,19,27,31-33H,10,12H2,1-4H3/t19-,27-/m1/s1. The Hall–Kier alpha value is -4.11. The number of ketones is 1. The topological polar surface area (TPSA) is 135 Å². The molecule has 0 unspecified atom stereocenters. The van der Waals surface area contributed by atoms with E-state index in [1.54, 1.807) is 37.4 Å². The Morgan fingerprint density at radius 2 is 1.81 bits per heavy atom. The van der Waals surface area contributed by atoms with Crippen molar-refractivity contribution in [3.8, 4) is 23.0 Å². The van der Waals surface area contributed by atoms with E-state index in [2.05, 4.69) is 4.98 Å². The second kappa shape index (κ2) is 9.87. The van der Waals surface area contributed by atoms with Crippen molar-refractivity contribution in [1.82, 2.24) is 4.98 Å². The third kappa shape index (κ3) is 4.33. The van der Waals surface area contributed by atoms with Gasteiger partial charge < -0.3 is 29.5 Å². The molecule has 4 rings (SSSR count). The molecule has 0 fully saturated rings. The number of benzene rings is 2. The summed E-state index contributed by atoms with van der Waals surface area (Å²) in [6.45, 7) is 3.07. The number of pyridine rings is 1. The van der Waals surface area contributed by atoms with Crippen molar-refractivity contribution in [2.45, 2.75) is 38.9 Å². The fourth-order valence-corrected chi connectivity index (χ4v) is 4.54. The number of esters is 1. The highest BCUT2D eigenvalue weighted by Gasteiger charge is 2.36. The van der Waals surface area contributed by atoms with Crippen LogP contribution in [0.15, 0.2) is 36.5 Å². The zero-order chi connectivity index (χ0) is 26.1. The lowest BCUT2D eigenvalue weighted by Gasteiger charge is -2.24. The van der Waals surface area contributed by atoms with E-state index >= 15 is 0 Å². The van der Waals surface area contributed by atoms with Crippen LogP contribution in [0.5, 0.6) is 23.0 Å². The van der Waals surface area contributed by atoms with Gasteiger partial charge in [0.1, 0.15) is 29.1 Å². The van der Waals surface area contributed by atoms with Crippen molar-refractivity contribution in [2.75, 3.05) is 14.2 Å². The number of hydrogen-bond acceptors (Lipinski definition) is 9. The quantitative estimate of drug-likeness (QED) is 0.329. The summed E-state index contributed by atoms with van der Waals surface area (Å²) < 4.78 is 16.0. The smallest absolute Gasteiger partial charge is 0.306 e. The van der Waals surface area contributed by atoms with Gasteiger partial charge in [0.2, 0.25) is 0 Å². The SMILES string of the molecule is COC(=O)C[C@H](c1ccc(OC)cc1)c1c(O)c(C(C)=O)cc([C@H]2OCc3cnc(C)c(O)c32)c1O. The molecule has 0 amide bonds. The molecule has 0 radical (unpaired) electrons. The number of phenols is 2. The lowest BCUT2D eigenvalue weighted by molar-refractivity contribution is -0.140. The first-order valence-electron chi connectivity index (χ1n) is 11.3. The molecule has 36 heavy (non-hydrogen) atoms. The molecule has 1 aliphatic rings. The normalized spacial score (nSPS) is 15.3. The van der Waals surface area contributed by atoms with E-state index in [0.717, 1.165) is 0 Å². The van der Waals surface area contributed by atoms with Crippen LogP contribution in [-0.2, 0) is 20.9 Å². The molecular weight excluding hydrogens is 466 g/mol. The number of nitrogens with zero attached hydrogens (tertiary/aromatic N) is 1. The lowest BCUT2D eigenvalue weighted by atomic mass is 9.83. The van der Waals surface area contributed by atoms with E-state index in [4.69, 9.17) is 14.2 Å². The van der Waals surface area contributed by atoms with Crippen LogP contribution in [0.2, 0.25) is 0 Å². The molecule has 2 aromatic carbocycles. The number of carbonyl (C=O) groups is 2. The van der Waals surface area contributed by atoms with E-state index in [-0.39, 0.29) is 41.2 Å². The van der Waals surface area contributed by atoms with Crippen LogP contribution < -0.4 is 4.74 Å². The largest absolute Gasteiger partial charge is 0.507 e. The average Bonchev–Trinajstić information content (AvgIpc) is 3.30. The van der Waals surface area contributed by atoms with Crippen LogP contribution in [0.4, 0.5) is 0 Å². The zero-order valence-electron chi connectivity index (χ0n) is 20.4. The number of carbonyl (C=O) groups excluding carboxylic acids is 2. The Kier molecular flexibility index (Phi) is 6.85. The van der Waals surface area contributed by atoms with Crippen molar-refractivity contribution in [3.63, 3.8) is 0 Å². The first-order chi connectivity index (χ1) is 17.2. The number of rotatable bonds is 7. The highest BCUT2D eigenvalue weighted by atomic mass is 16.5. The van der Waals surface area contributed by atoms with E-state index in [9.17, 15) is 24.9 Å². The summed E-state index contributed by atoms with van der Waals surface area (Å²) in [5, 5.41) is 33.4. The molecule has 0 bridgehead atoms. The van der Waals surface area contributed by atoms with E-state index in [1.165, 1.54) is 27.2 Å². The molecule has 1 aliphatic heterocycles. The zero-order valence-corrected chi connectivity index (χ0v) is 20.4. The van der Waals surface area contributed by atoms with Crippen molar-refractivity contribution in [1.29, 1.82) is 0 Å². The number of phenolic OH excluding ortho intramolecular Hbond substituents is 2. The first kappa shape index (κ1) is 25.0. The van der Waals surface area contributed by atoms with Crippen LogP contribution in [0.25, 0.3) is 0 Å². The molecule has 0 spiro atoms. The second-order valence-corrected chi connectivity index (χ2v) is 8.61.